The van der Waals surface area contributed by atoms with Crippen LogP contribution in [0.15, 0.2) is 22.7 Å². The van der Waals surface area contributed by atoms with E-state index in [4.69, 9.17) is 5.73 Å². The molecular weight excluding hydrogens is 297 g/mol. The van der Waals surface area contributed by atoms with Gasteiger partial charge in [0, 0.05) is 12.0 Å². The van der Waals surface area contributed by atoms with Gasteiger partial charge in [0.2, 0.25) is 0 Å². The predicted molar refractivity (Wildman–Crippen MR) is 70.7 cm³/mol. The molecule has 2 saturated carbocycles. The number of nitrogens with two attached hydrogens (primary N) is 1. The summed E-state index contributed by atoms with van der Waals surface area (Å²) in [6, 6.07) is 4.77. The largest absolute Gasteiger partial charge is 0.327 e. The van der Waals surface area contributed by atoms with E-state index in [0.29, 0.717) is 16.3 Å². The Morgan fingerprint density at radius 1 is 1.33 bits per heavy atom. The van der Waals surface area contributed by atoms with E-state index in [1.54, 1.807) is 18.2 Å². The van der Waals surface area contributed by atoms with Gasteiger partial charge in [-0.1, -0.05) is 6.07 Å². The highest BCUT2D eigenvalue weighted by Gasteiger charge is 2.49. The van der Waals surface area contributed by atoms with Gasteiger partial charge in [-0.3, -0.25) is 4.79 Å². The van der Waals surface area contributed by atoms with Gasteiger partial charge < -0.3 is 5.73 Å². The lowest BCUT2D eigenvalue weighted by molar-refractivity contribution is 0.0851. The molecule has 2 aliphatic carbocycles. The van der Waals surface area contributed by atoms with E-state index in [9.17, 15) is 9.18 Å². The average molecular weight is 312 g/mol. The monoisotopic (exact) mass is 311 g/mol. The van der Waals surface area contributed by atoms with Crippen LogP contribution in [0.4, 0.5) is 4.39 Å². The molecule has 18 heavy (non-hydrogen) atoms. The maximum Gasteiger partial charge on any atom is 0.170 e. The van der Waals surface area contributed by atoms with Crippen LogP contribution in [-0.2, 0) is 0 Å². The summed E-state index contributed by atoms with van der Waals surface area (Å²) in [6.45, 7) is 0. The van der Waals surface area contributed by atoms with Gasteiger partial charge >= 0.3 is 0 Å². The summed E-state index contributed by atoms with van der Waals surface area (Å²) in [7, 11) is 0. The minimum Gasteiger partial charge on any atom is -0.327 e. The molecule has 0 heterocycles. The molecule has 0 radical (unpaired) electrons. The number of hydrogen-bond acceptors (Lipinski definition) is 2. The first-order valence-corrected chi connectivity index (χ1v) is 7.12. The molecule has 1 aromatic rings. The first-order chi connectivity index (χ1) is 8.59. The molecule has 4 unspecified atom stereocenters. The van der Waals surface area contributed by atoms with Crippen LogP contribution in [0.1, 0.15) is 29.6 Å². The van der Waals surface area contributed by atoms with Crippen molar-refractivity contribution in [2.24, 2.45) is 23.5 Å². The lowest BCUT2D eigenvalue weighted by Gasteiger charge is -2.27. The molecule has 0 saturated heterocycles. The molecular formula is C14H15BrFNO. The molecule has 96 valence electrons. The van der Waals surface area contributed by atoms with Gasteiger partial charge in [0.15, 0.2) is 5.78 Å². The highest BCUT2D eigenvalue weighted by molar-refractivity contribution is 9.10. The van der Waals surface area contributed by atoms with Crippen LogP contribution in [-0.4, -0.2) is 11.8 Å². The number of hydrogen-bond donors (Lipinski definition) is 1. The van der Waals surface area contributed by atoms with E-state index in [-0.39, 0.29) is 23.3 Å². The third-order valence-corrected chi connectivity index (χ3v) is 5.11. The van der Waals surface area contributed by atoms with Crippen LogP contribution in [0.2, 0.25) is 0 Å². The molecule has 4 heteroatoms. The molecule has 0 aliphatic heterocycles. The Bertz CT molecular complexity index is 503. The maximum absolute atomic E-state index is 14.0. The average Bonchev–Trinajstić information content (AvgIpc) is 2.92. The predicted octanol–water partition coefficient (Wildman–Crippen LogP) is 3.14. The Morgan fingerprint density at radius 2 is 2.06 bits per heavy atom. The second-order valence-electron chi connectivity index (χ2n) is 5.40. The highest BCUT2D eigenvalue weighted by atomic mass is 79.9. The highest BCUT2D eigenvalue weighted by Crippen LogP contribution is 2.48. The Labute approximate surface area is 114 Å². The van der Waals surface area contributed by atoms with Gasteiger partial charge in [0.05, 0.1) is 10.0 Å². The smallest absolute Gasteiger partial charge is 0.170 e. The fraction of sp³-hybridized carbons (Fsp3) is 0.500. The number of carbonyl (C=O) groups excluding carboxylic acids is 1. The van der Waals surface area contributed by atoms with E-state index >= 15 is 0 Å². The van der Waals surface area contributed by atoms with Crippen molar-refractivity contribution < 1.29 is 9.18 Å². The number of ketones is 1. The van der Waals surface area contributed by atoms with E-state index in [0.717, 1.165) is 19.3 Å². The summed E-state index contributed by atoms with van der Waals surface area (Å²) in [4.78, 5) is 12.5. The van der Waals surface area contributed by atoms with Crippen molar-refractivity contribution in [3.05, 3.63) is 34.1 Å². The topological polar surface area (TPSA) is 43.1 Å². The summed E-state index contributed by atoms with van der Waals surface area (Å²) >= 11 is 3.12. The summed E-state index contributed by atoms with van der Waals surface area (Å²) in [5.74, 6) is 0.0496. The maximum atomic E-state index is 14.0. The van der Waals surface area contributed by atoms with Crippen molar-refractivity contribution in [3.8, 4) is 0 Å². The first kappa shape index (κ1) is 12.3. The summed E-state index contributed by atoms with van der Waals surface area (Å²) in [6.07, 6.45) is 3.22. The van der Waals surface area contributed by atoms with Crippen molar-refractivity contribution in [2.45, 2.75) is 25.3 Å². The molecule has 2 bridgehead atoms. The van der Waals surface area contributed by atoms with Crippen molar-refractivity contribution in [2.75, 3.05) is 0 Å². The fourth-order valence-corrected chi connectivity index (χ4v) is 3.96. The molecule has 2 nitrogen and oxygen atoms in total. The molecule has 2 fully saturated rings. The number of fused-ring (bicyclic) bond motifs is 2. The van der Waals surface area contributed by atoms with E-state index in [1.807, 2.05) is 0 Å². The molecule has 3 rings (SSSR count). The summed E-state index contributed by atoms with van der Waals surface area (Å²) in [5, 5.41) is 0. The number of halogens is 2. The molecule has 0 spiro atoms. The van der Waals surface area contributed by atoms with Gasteiger partial charge in [-0.05, 0) is 59.2 Å². The second kappa shape index (κ2) is 4.42. The number of rotatable bonds is 2. The van der Waals surface area contributed by atoms with Gasteiger partial charge in [-0.15, -0.1) is 0 Å². The molecule has 4 atom stereocenters. The molecule has 0 amide bonds. The summed E-state index contributed by atoms with van der Waals surface area (Å²) in [5.41, 5.74) is 6.31. The lowest BCUT2D eigenvalue weighted by Crippen LogP contribution is -2.40. The lowest BCUT2D eigenvalue weighted by atomic mass is 9.80. The van der Waals surface area contributed by atoms with Crippen LogP contribution in [0.5, 0.6) is 0 Å². The van der Waals surface area contributed by atoms with Crippen molar-refractivity contribution in [1.82, 2.24) is 0 Å². The van der Waals surface area contributed by atoms with E-state index in [1.165, 1.54) is 0 Å². The van der Waals surface area contributed by atoms with Crippen molar-refractivity contribution in [1.29, 1.82) is 0 Å². The van der Waals surface area contributed by atoms with E-state index in [2.05, 4.69) is 15.9 Å². The number of carbonyl (C=O) groups is 1. The van der Waals surface area contributed by atoms with Gasteiger partial charge in [0.25, 0.3) is 0 Å². The molecule has 2 aliphatic rings. The Kier molecular flexibility index (Phi) is 3.02. The zero-order chi connectivity index (χ0) is 12.9. The Morgan fingerprint density at radius 3 is 2.72 bits per heavy atom. The number of benzene rings is 1. The molecule has 1 aromatic carbocycles. The Balaban J connectivity index is 1.93. The standard InChI is InChI=1S/C14H15BrFNO/c15-10-3-1-2-9(12(10)16)14(18)11-7-4-5-8(6-7)13(11)17/h1-3,7-8,11,13H,4-6,17H2. The third kappa shape index (κ3) is 1.74. The van der Waals surface area contributed by atoms with Crippen molar-refractivity contribution >= 4 is 21.7 Å². The zero-order valence-corrected chi connectivity index (χ0v) is 11.5. The SMILES string of the molecule is NC1C2CCC(C2)C1C(=O)c1cccc(Br)c1F. The first-order valence-electron chi connectivity index (χ1n) is 6.33. The molecule has 0 aromatic heterocycles. The third-order valence-electron chi connectivity index (χ3n) is 4.50. The van der Waals surface area contributed by atoms with Crippen molar-refractivity contribution in [3.63, 3.8) is 0 Å². The van der Waals surface area contributed by atoms with Gasteiger partial charge in [0.1, 0.15) is 5.82 Å². The van der Waals surface area contributed by atoms with Crippen LogP contribution >= 0.6 is 15.9 Å². The quantitative estimate of drug-likeness (QED) is 0.853. The van der Waals surface area contributed by atoms with Gasteiger partial charge in [-0.2, -0.15) is 0 Å². The Hall–Kier alpha value is -0.740. The normalized spacial score (nSPS) is 33.9. The van der Waals surface area contributed by atoms with Gasteiger partial charge in [-0.25, -0.2) is 4.39 Å². The minimum atomic E-state index is -0.461. The zero-order valence-electron chi connectivity index (χ0n) is 9.90. The van der Waals surface area contributed by atoms with Crippen LogP contribution in [0.3, 0.4) is 0 Å². The van der Waals surface area contributed by atoms with Crippen LogP contribution < -0.4 is 5.73 Å². The summed E-state index contributed by atoms with van der Waals surface area (Å²) < 4.78 is 14.3. The van der Waals surface area contributed by atoms with Crippen LogP contribution in [0.25, 0.3) is 0 Å². The van der Waals surface area contributed by atoms with Crippen LogP contribution in [0, 0.1) is 23.6 Å². The minimum absolute atomic E-state index is 0.0883. The second-order valence-corrected chi connectivity index (χ2v) is 6.26. The molecule has 2 N–H and O–H groups in total. The fourth-order valence-electron chi connectivity index (χ4n) is 3.60. The van der Waals surface area contributed by atoms with E-state index < -0.39 is 5.82 Å². The number of Topliss-reactive ketones (excluding diaryl/α,β-unsaturated/α-hetero) is 1.